The molecular weight excluding hydrogens is 521 g/mol. The lowest BCUT2D eigenvalue weighted by Gasteiger charge is -2.15. The molecule has 0 atom stereocenters. The van der Waals surface area contributed by atoms with Crippen LogP contribution in [0.25, 0.3) is 11.8 Å². The third-order valence-corrected chi connectivity index (χ3v) is 8.01. The summed E-state index contributed by atoms with van der Waals surface area (Å²) in [6.07, 6.45) is 1.96. The molecule has 1 saturated heterocycles. The van der Waals surface area contributed by atoms with Crippen LogP contribution in [0, 0.1) is 13.8 Å². The first-order valence-corrected chi connectivity index (χ1v) is 13.5. The largest absolute Gasteiger partial charge is 0.318 e. The van der Waals surface area contributed by atoms with E-state index in [0.29, 0.717) is 33.2 Å². The Kier molecular flexibility index (Phi) is 7.56. The van der Waals surface area contributed by atoms with Crippen LogP contribution in [0.1, 0.15) is 28.1 Å². The van der Waals surface area contributed by atoms with E-state index in [2.05, 4.69) is 10.6 Å². The fourth-order valence-corrected chi connectivity index (χ4v) is 5.63. The summed E-state index contributed by atoms with van der Waals surface area (Å²) in [6.45, 7) is 5.06. The number of benzene rings is 3. The van der Waals surface area contributed by atoms with Crippen molar-refractivity contribution >= 4 is 52.1 Å². The second-order valence-corrected chi connectivity index (χ2v) is 10.7. The highest BCUT2D eigenvalue weighted by Gasteiger charge is 2.33. The van der Waals surface area contributed by atoms with E-state index in [0.717, 1.165) is 33.8 Å². The minimum Gasteiger partial charge on any atom is -0.318 e. The first-order valence-electron chi connectivity index (χ1n) is 11.9. The number of rotatable bonds is 6. The number of amidine groups is 1. The van der Waals surface area contributed by atoms with Gasteiger partial charge in [-0.15, -0.1) is 0 Å². The van der Waals surface area contributed by atoms with Gasteiger partial charge >= 0.3 is 0 Å². The lowest BCUT2D eigenvalue weighted by atomic mass is 10.2. The monoisotopic (exact) mass is 545 g/mol. The summed E-state index contributed by atoms with van der Waals surface area (Å²) in [4.78, 5) is 20.9. The molecule has 4 nitrogen and oxygen atoms in total. The standard InChI is InChI=1S/C30H25Cl2N3OS/c1-20-15-24(21(2)35(20)25-13-14-26(31)27(32)17-25)16-28-29(36)34(19-23-11-7-4-8-12-23)30(37-28)33-18-22-9-5-3-6-10-22/h3-17H,18-19H2,1-2H3/b28-16-,33-30?. The van der Waals surface area contributed by atoms with Gasteiger partial charge in [0.25, 0.3) is 5.91 Å². The zero-order chi connectivity index (χ0) is 25.9. The molecule has 37 heavy (non-hydrogen) atoms. The van der Waals surface area contributed by atoms with Gasteiger partial charge in [-0.2, -0.15) is 0 Å². The summed E-state index contributed by atoms with van der Waals surface area (Å²) in [7, 11) is 0. The predicted octanol–water partition coefficient (Wildman–Crippen LogP) is 8.07. The Bertz CT molecular complexity index is 1510. The third kappa shape index (κ3) is 5.54. The Morgan fingerprint density at radius 2 is 1.54 bits per heavy atom. The van der Waals surface area contributed by atoms with Crippen LogP contribution in [0.15, 0.2) is 94.8 Å². The van der Waals surface area contributed by atoms with Gasteiger partial charge < -0.3 is 4.57 Å². The topological polar surface area (TPSA) is 37.6 Å². The Morgan fingerprint density at radius 3 is 2.22 bits per heavy atom. The normalized spacial score (nSPS) is 15.8. The third-order valence-electron chi connectivity index (χ3n) is 6.23. The molecule has 2 heterocycles. The van der Waals surface area contributed by atoms with Crippen molar-refractivity contribution in [3.63, 3.8) is 0 Å². The molecule has 1 aromatic heterocycles. The smallest absolute Gasteiger partial charge is 0.267 e. The van der Waals surface area contributed by atoms with E-state index in [4.69, 9.17) is 28.2 Å². The van der Waals surface area contributed by atoms with Crippen LogP contribution in [0.5, 0.6) is 0 Å². The Balaban J connectivity index is 1.49. The van der Waals surface area contributed by atoms with Gasteiger partial charge in [-0.05, 0) is 72.6 Å². The number of aryl methyl sites for hydroxylation is 1. The van der Waals surface area contributed by atoms with E-state index in [-0.39, 0.29) is 5.91 Å². The van der Waals surface area contributed by atoms with Crippen LogP contribution in [0.4, 0.5) is 0 Å². The summed E-state index contributed by atoms with van der Waals surface area (Å²) in [6, 6.07) is 27.7. The molecule has 0 N–H and O–H groups in total. The number of nitrogens with zero attached hydrogens (tertiary/aromatic N) is 3. The van der Waals surface area contributed by atoms with E-state index in [1.165, 1.54) is 11.8 Å². The van der Waals surface area contributed by atoms with Crippen molar-refractivity contribution in [2.75, 3.05) is 0 Å². The van der Waals surface area contributed by atoms with Gasteiger partial charge in [-0.25, -0.2) is 0 Å². The van der Waals surface area contributed by atoms with Gasteiger partial charge in [-0.3, -0.25) is 14.7 Å². The van der Waals surface area contributed by atoms with Crippen LogP contribution < -0.4 is 0 Å². The van der Waals surface area contributed by atoms with Crippen molar-refractivity contribution in [2.24, 2.45) is 4.99 Å². The van der Waals surface area contributed by atoms with E-state index >= 15 is 0 Å². The van der Waals surface area contributed by atoms with Crippen molar-refractivity contribution in [1.82, 2.24) is 9.47 Å². The second kappa shape index (κ2) is 11.0. The van der Waals surface area contributed by atoms with Gasteiger partial charge in [0.2, 0.25) is 0 Å². The number of thioether (sulfide) groups is 1. The molecule has 4 aromatic rings. The number of aliphatic imine (C=N–C) groups is 1. The summed E-state index contributed by atoms with van der Waals surface area (Å²) in [5.41, 5.74) is 6.12. The average molecular weight is 547 g/mol. The van der Waals surface area contributed by atoms with Crippen molar-refractivity contribution in [3.05, 3.63) is 128 Å². The maximum atomic E-state index is 13.6. The quantitative estimate of drug-likeness (QED) is 0.229. The molecule has 1 amide bonds. The van der Waals surface area contributed by atoms with Gasteiger partial charge in [0, 0.05) is 17.1 Å². The fraction of sp³-hybridized carbons (Fsp3) is 0.133. The van der Waals surface area contributed by atoms with Crippen LogP contribution in [0.3, 0.4) is 0 Å². The SMILES string of the molecule is Cc1cc(/C=C2\SC(=NCc3ccccc3)N(Cc3ccccc3)C2=O)c(C)n1-c1ccc(Cl)c(Cl)c1. The first-order chi connectivity index (χ1) is 17.9. The van der Waals surface area contributed by atoms with Crippen molar-refractivity contribution in [3.8, 4) is 5.69 Å². The van der Waals surface area contributed by atoms with Crippen molar-refractivity contribution in [1.29, 1.82) is 0 Å². The highest BCUT2D eigenvalue weighted by Crippen LogP contribution is 2.35. The van der Waals surface area contributed by atoms with Gasteiger partial charge in [0.1, 0.15) is 0 Å². The summed E-state index contributed by atoms with van der Waals surface area (Å²) in [5, 5.41) is 1.73. The molecule has 0 spiro atoms. The van der Waals surface area contributed by atoms with E-state index in [1.54, 1.807) is 11.0 Å². The highest BCUT2D eigenvalue weighted by molar-refractivity contribution is 8.18. The van der Waals surface area contributed by atoms with Crippen LogP contribution >= 0.6 is 35.0 Å². The number of amides is 1. The molecule has 1 aliphatic heterocycles. The molecule has 0 aliphatic carbocycles. The molecule has 7 heteroatoms. The Labute approximate surface area is 231 Å². The van der Waals surface area contributed by atoms with E-state index < -0.39 is 0 Å². The molecule has 1 fully saturated rings. The predicted molar refractivity (Wildman–Crippen MR) is 155 cm³/mol. The number of halogens is 2. The lowest BCUT2D eigenvalue weighted by molar-refractivity contribution is -0.122. The summed E-state index contributed by atoms with van der Waals surface area (Å²) in [5.74, 6) is -0.0417. The minimum absolute atomic E-state index is 0.0417. The van der Waals surface area contributed by atoms with Crippen LogP contribution in [0.2, 0.25) is 10.0 Å². The maximum Gasteiger partial charge on any atom is 0.267 e. The number of carbonyl (C=O) groups is 1. The van der Waals surface area contributed by atoms with Gasteiger partial charge in [0.15, 0.2) is 5.17 Å². The number of carbonyl (C=O) groups excluding carboxylic acids is 1. The van der Waals surface area contributed by atoms with Crippen LogP contribution in [-0.4, -0.2) is 20.5 Å². The molecule has 0 bridgehead atoms. The number of aromatic nitrogens is 1. The Hall–Kier alpha value is -3.25. The molecule has 5 rings (SSSR count). The van der Waals surface area contributed by atoms with Gasteiger partial charge in [-0.1, -0.05) is 83.9 Å². The van der Waals surface area contributed by atoms with Gasteiger partial charge in [0.05, 0.1) is 28.0 Å². The van der Waals surface area contributed by atoms with Crippen molar-refractivity contribution in [2.45, 2.75) is 26.9 Å². The van der Waals surface area contributed by atoms with Crippen molar-refractivity contribution < 1.29 is 4.79 Å². The molecule has 0 radical (unpaired) electrons. The average Bonchev–Trinajstić information content (AvgIpc) is 3.35. The molecule has 3 aromatic carbocycles. The zero-order valence-electron chi connectivity index (χ0n) is 20.5. The van der Waals surface area contributed by atoms with Crippen LogP contribution in [-0.2, 0) is 17.9 Å². The number of hydrogen-bond acceptors (Lipinski definition) is 3. The molecule has 1 aliphatic rings. The highest BCUT2D eigenvalue weighted by atomic mass is 35.5. The summed E-state index contributed by atoms with van der Waals surface area (Å²) >= 11 is 13.8. The maximum absolute atomic E-state index is 13.6. The minimum atomic E-state index is -0.0417. The number of hydrogen-bond donors (Lipinski definition) is 0. The molecule has 0 unspecified atom stereocenters. The van der Waals surface area contributed by atoms with E-state index in [1.807, 2.05) is 92.7 Å². The van der Waals surface area contributed by atoms with E-state index in [9.17, 15) is 4.79 Å². The fourth-order valence-electron chi connectivity index (χ4n) is 4.37. The molecule has 0 saturated carbocycles. The molecule has 186 valence electrons. The molecular formula is C30H25Cl2N3OS. The zero-order valence-corrected chi connectivity index (χ0v) is 22.8. The first kappa shape index (κ1) is 25.4. The Morgan fingerprint density at radius 1 is 0.865 bits per heavy atom. The second-order valence-electron chi connectivity index (χ2n) is 8.83. The summed E-state index contributed by atoms with van der Waals surface area (Å²) < 4.78 is 2.12. The lowest BCUT2D eigenvalue weighted by Crippen LogP contribution is -2.28.